The van der Waals surface area contributed by atoms with Crippen molar-refractivity contribution in [3.8, 4) is 0 Å². The minimum Gasteiger partial charge on any atom is -0.361 e. The number of fused-ring (bicyclic) bond motifs is 4. The monoisotopic (exact) mass is 440 g/mol. The summed E-state index contributed by atoms with van der Waals surface area (Å²) in [6.45, 7) is 5.72. The van der Waals surface area contributed by atoms with E-state index >= 15 is 0 Å². The Kier molecular flexibility index (Phi) is 4.99. The fourth-order valence-electron chi connectivity index (χ4n) is 5.49. The van der Waals surface area contributed by atoms with Crippen LogP contribution in [0.4, 0.5) is 0 Å². The number of H-pyrrole nitrogens is 1. The standard InChI is InChI=1S/C26H28N6O/c1-18-28-29-26-31(25(33)21-10-3-5-12-24(21)32(18)26)15-7-14-30-13-6-8-19(17-30)22-16-27-23-11-4-2-9-20(22)23/h2-5,9-12,16,19,27H,6-8,13-15,17H2,1H3. The maximum Gasteiger partial charge on any atom is 0.262 e. The highest BCUT2D eigenvalue weighted by Gasteiger charge is 2.23. The van der Waals surface area contributed by atoms with E-state index in [1.165, 1.54) is 29.3 Å². The Balaban J connectivity index is 1.21. The number of hydrogen-bond donors (Lipinski definition) is 1. The van der Waals surface area contributed by atoms with Gasteiger partial charge in [-0.2, -0.15) is 0 Å². The van der Waals surface area contributed by atoms with Crippen molar-refractivity contribution in [3.05, 3.63) is 76.5 Å². The Morgan fingerprint density at radius 2 is 1.85 bits per heavy atom. The number of nitrogens with zero attached hydrogens (tertiary/aromatic N) is 5. The molecule has 0 saturated carbocycles. The number of para-hydroxylation sites is 2. The summed E-state index contributed by atoms with van der Waals surface area (Å²) in [6.07, 6.45) is 5.52. The van der Waals surface area contributed by atoms with E-state index in [1.54, 1.807) is 4.57 Å². The van der Waals surface area contributed by atoms with Gasteiger partial charge < -0.3 is 9.88 Å². The lowest BCUT2D eigenvalue weighted by atomic mass is 9.90. The molecule has 1 unspecified atom stereocenters. The lowest BCUT2D eigenvalue weighted by Crippen LogP contribution is -2.36. The summed E-state index contributed by atoms with van der Waals surface area (Å²) in [5.41, 5.74) is 3.53. The van der Waals surface area contributed by atoms with E-state index in [9.17, 15) is 4.79 Å². The van der Waals surface area contributed by atoms with E-state index in [1.807, 2.05) is 35.6 Å². The van der Waals surface area contributed by atoms with Crippen molar-refractivity contribution in [3.63, 3.8) is 0 Å². The van der Waals surface area contributed by atoms with E-state index in [0.29, 0.717) is 23.6 Å². The van der Waals surface area contributed by atoms with Crippen LogP contribution in [0.15, 0.2) is 59.5 Å². The van der Waals surface area contributed by atoms with Gasteiger partial charge in [0.2, 0.25) is 5.78 Å². The Labute approximate surface area is 191 Å². The van der Waals surface area contributed by atoms with Gasteiger partial charge in [0.25, 0.3) is 5.56 Å². The number of piperidine rings is 1. The minimum absolute atomic E-state index is 0.0146. The van der Waals surface area contributed by atoms with Crippen molar-refractivity contribution in [1.29, 1.82) is 0 Å². The zero-order valence-corrected chi connectivity index (χ0v) is 18.9. The van der Waals surface area contributed by atoms with Gasteiger partial charge in [0, 0.05) is 30.2 Å². The summed E-state index contributed by atoms with van der Waals surface area (Å²) in [7, 11) is 0. The van der Waals surface area contributed by atoms with Crippen molar-refractivity contribution in [2.75, 3.05) is 19.6 Å². The van der Waals surface area contributed by atoms with E-state index in [2.05, 4.69) is 50.5 Å². The molecule has 168 valence electrons. The molecule has 0 spiro atoms. The summed E-state index contributed by atoms with van der Waals surface area (Å²) in [5.74, 6) is 1.98. The number of aromatic amines is 1. The maximum absolute atomic E-state index is 13.2. The van der Waals surface area contributed by atoms with Crippen LogP contribution in [-0.4, -0.2) is 48.7 Å². The number of aromatic nitrogens is 5. The largest absolute Gasteiger partial charge is 0.361 e. The number of benzene rings is 2. The molecule has 1 fully saturated rings. The van der Waals surface area contributed by atoms with E-state index in [4.69, 9.17) is 0 Å². The van der Waals surface area contributed by atoms with Crippen LogP contribution >= 0.6 is 0 Å². The Morgan fingerprint density at radius 1 is 1.03 bits per heavy atom. The quantitative estimate of drug-likeness (QED) is 0.447. The second-order valence-electron chi connectivity index (χ2n) is 9.14. The molecule has 0 amide bonds. The van der Waals surface area contributed by atoms with E-state index < -0.39 is 0 Å². The molecule has 4 heterocycles. The Bertz CT molecular complexity index is 1510. The zero-order chi connectivity index (χ0) is 22.4. The molecule has 3 aromatic heterocycles. The van der Waals surface area contributed by atoms with E-state index in [0.717, 1.165) is 37.4 Å². The smallest absolute Gasteiger partial charge is 0.262 e. The molecule has 1 atom stereocenters. The summed E-state index contributed by atoms with van der Waals surface area (Å²) in [6, 6.07) is 16.3. The van der Waals surface area contributed by atoms with Gasteiger partial charge in [-0.3, -0.25) is 13.8 Å². The summed E-state index contributed by atoms with van der Waals surface area (Å²) < 4.78 is 3.79. The average Bonchev–Trinajstić information content (AvgIpc) is 3.45. The molecule has 5 aromatic rings. The average molecular weight is 441 g/mol. The van der Waals surface area contributed by atoms with Crippen LogP contribution in [0.1, 0.15) is 36.6 Å². The number of likely N-dealkylation sites (tertiary alicyclic amines) is 1. The molecule has 0 bridgehead atoms. The molecule has 1 saturated heterocycles. The van der Waals surface area contributed by atoms with Crippen LogP contribution < -0.4 is 5.56 Å². The number of nitrogens with one attached hydrogen (secondary N) is 1. The zero-order valence-electron chi connectivity index (χ0n) is 18.9. The SMILES string of the molecule is Cc1nnc2n(CCCN3CCCC(c4c[nH]c5ccccc45)C3)c(=O)c3ccccc3n12. The first-order chi connectivity index (χ1) is 16.2. The van der Waals surface area contributed by atoms with Crippen LogP contribution in [0.3, 0.4) is 0 Å². The second-order valence-corrected chi connectivity index (χ2v) is 9.14. The molecule has 1 aliphatic heterocycles. The van der Waals surface area contributed by atoms with Crippen molar-refractivity contribution < 1.29 is 0 Å². The summed E-state index contributed by atoms with van der Waals surface area (Å²) in [5, 5.41) is 10.6. The molecule has 6 rings (SSSR count). The van der Waals surface area contributed by atoms with Gasteiger partial charge >= 0.3 is 0 Å². The van der Waals surface area contributed by atoms with Crippen molar-refractivity contribution in [2.45, 2.75) is 38.6 Å². The fraction of sp³-hybridized carbons (Fsp3) is 0.346. The first kappa shape index (κ1) is 20.2. The Hall–Kier alpha value is -3.45. The minimum atomic E-state index is 0.0146. The predicted octanol–water partition coefficient (Wildman–Crippen LogP) is 4.10. The fourth-order valence-corrected chi connectivity index (χ4v) is 5.49. The molecule has 1 N–H and O–H groups in total. The molecular formula is C26H28N6O. The number of aryl methyl sites for hydroxylation is 2. The van der Waals surface area contributed by atoms with Crippen LogP contribution in [0, 0.1) is 6.92 Å². The number of rotatable bonds is 5. The molecule has 7 heteroatoms. The van der Waals surface area contributed by atoms with Crippen LogP contribution in [0.25, 0.3) is 27.6 Å². The normalized spacial score (nSPS) is 17.4. The third-order valence-electron chi connectivity index (χ3n) is 7.09. The van der Waals surface area contributed by atoms with Crippen LogP contribution in [0.2, 0.25) is 0 Å². The highest BCUT2D eigenvalue weighted by Crippen LogP contribution is 2.32. The lowest BCUT2D eigenvalue weighted by Gasteiger charge is -2.32. The van der Waals surface area contributed by atoms with Gasteiger partial charge in [0.15, 0.2) is 0 Å². The van der Waals surface area contributed by atoms with Crippen molar-refractivity contribution in [2.24, 2.45) is 0 Å². The number of hydrogen-bond acceptors (Lipinski definition) is 4. The van der Waals surface area contributed by atoms with Gasteiger partial charge in [-0.15, -0.1) is 10.2 Å². The van der Waals surface area contributed by atoms with Crippen LogP contribution in [0.5, 0.6) is 0 Å². The molecule has 7 nitrogen and oxygen atoms in total. The molecule has 0 radical (unpaired) electrons. The van der Waals surface area contributed by atoms with Crippen molar-refractivity contribution >= 4 is 27.6 Å². The third-order valence-corrected chi connectivity index (χ3v) is 7.09. The summed E-state index contributed by atoms with van der Waals surface area (Å²) >= 11 is 0. The molecule has 0 aliphatic carbocycles. The topological polar surface area (TPSA) is 71.2 Å². The molecule has 2 aromatic carbocycles. The van der Waals surface area contributed by atoms with Gasteiger partial charge in [-0.25, -0.2) is 0 Å². The molecule has 1 aliphatic rings. The summed E-state index contributed by atoms with van der Waals surface area (Å²) in [4.78, 5) is 19.2. The Morgan fingerprint density at radius 3 is 2.76 bits per heavy atom. The second kappa shape index (κ2) is 8.15. The van der Waals surface area contributed by atoms with Crippen LogP contribution in [-0.2, 0) is 6.54 Å². The van der Waals surface area contributed by atoms with Crippen molar-refractivity contribution in [1.82, 2.24) is 29.0 Å². The van der Waals surface area contributed by atoms with Gasteiger partial charge in [0.1, 0.15) is 5.82 Å². The third kappa shape index (κ3) is 3.43. The highest BCUT2D eigenvalue weighted by atomic mass is 16.1. The molecule has 33 heavy (non-hydrogen) atoms. The maximum atomic E-state index is 13.2. The van der Waals surface area contributed by atoms with E-state index in [-0.39, 0.29) is 5.56 Å². The highest BCUT2D eigenvalue weighted by molar-refractivity contribution is 5.83. The molecular weight excluding hydrogens is 412 g/mol. The van der Waals surface area contributed by atoms with Gasteiger partial charge in [-0.1, -0.05) is 30.3 Å². The first-order valence-corrected chi connectivity index (χ1v) is 11.8. The van der Waals surface area contributed by atoms with Gasteiger partial charge in [-0.05, 0) is 69.0 Å². The van der Waals surface area contributed by atoms with Gasteiger partial charge in [0.05, 0.1) is 10.9 Å². The lowest BCUT2D eigenvalue weighted by molar-refractivity contribution is 0.203. The predicted molar refractivity (Wildman–Crippen MR) is 131 cm³/mol. The first-order valence-electron chi connectivity index (χ1n) is 11.8.